The van der Waals surface area contributed by atoms with Gasteiger partial charge in [-0.2, -0.15) is 5.26 Å². The highest BCUT2D eigenvalue weighted by Crippen LogP contribution is 2.35. The number of hydrogen-bond donors (Lipinski definition) is 1. The molecule has 2 aliphatic heterocycles. The van der Waals surface area contributed by atoms with Crippen molar-refractivity contribution in [2.45, 2.75) is 38.5 Å². The minimum atomic E-state index is -1.02. The Labute approximate surface area is 207 Å². The SMILES string of the molecule is COc1cc(C#N)c(F)c2nc(-c3ccc(N4CCC[C@@H]4C)nc3)n(C[C@@H]3CN(C(=O)O)CCO3)c12. The summed E-state index contributed by atoms with van der Waals surface area (Å²) >= 11 is 0. The summed E-state index contributed by atoms with van der Waals surface area (Å²) < 4.78 is 28.4. The summed E-state index contributed by atoms with van der Waals surface area (Å²) in [6, 6.07) is 7.44. The molecule has 2 saturated heterocycles. The molecule has 11 heteroatoms. The number of nitriles is 1. The van der Waals surface area contributed by atoms with E-state index in [0.29, 0.717) is 28.7 Å². The van der Waals surface area contributed by atoms with Gasteiger partial charge in [0.2, 0.25) is 0 Å². The molecule has 3 aromatic rings. The van der Waals surface area contributed by atoms with E-state index in [0.717, 1.165) is 25.2 Å². The third-order valence-corrected chi connectivity index (χ3v) is 6.91. The number of hydrogen-bond acceptors (Lipinski definition) is 7. The zero-order valence-corrected chi connectivity index (χ0v) is 20.1. The Hall–Kier alpha value is -3.91. The molecule has 0 bridgehead atoms. The van der Waals surface area contributed by atoms with Gasteiger partial charge in [0, 0.05) is 37.0 Å². The topological polar surface area (TPSA) is 117 Å². The molecule has 4 heterocycles. The fraction of sp³-hybridized carbons (Fsp3) is 0.440. The number of carboxylic acid groups (broad SMARTS) is 1. The Morgan fingerprint density at radius 3 is 2.86 bits per heavy atom. The highest BCUT2D eigenvalue weighted by atomic mass is 19.1. The van der Waals surface area contributed by atoms with Crippen LogP contribution in [-0.4, -0.2) is 76.1 Å². The first-order valence-corrected chi connectivity index (χ1v) is 11.9. The largest absolute Gasteiger partial charge is 0.494 e. The molecule has 1 N–H and O–H groups in total. The number of rotatable bonds is 5. The minimum absolute atomic E-state index is 0.00374. The first-order chi connectivity index (χ1) is 17.4. The lowest BCUT2D eigenvalue weighted by Crippen LogP contribution is -2.46. The molecule has 1 amide bonds. The molecule has 188 valence electrons. The molecule has 0 unspecified atom stereocenters. The van der Waals surface area contributed by atoms with Crippen LogP contribution in [0.25, 0.3) is 22.4 Å². The second kappa shape index (κ2) is 9.62. The summed E-state index contributed by atoms with van der Waals surface area (Å²) in [6.45, 7) is 4.04. The standard InChI is InChI=1S/C25H27FN6O4/c1-15-4-3-7-31(15)20-6-5-16(12-28-20)24-29-22-21(26)17(11-27)10-19(35-2)23(22)32(24)14-18-13-30(25(33)34)8-9-36-18/h5-6,10,12,15,18H,3-4,7-9,13-14H2,1-2H3,(H,33,34)/t15-,18-/m0/s1. The molecule has 0 spiro atoms. The zero-order valence-electron chi connectivity index (χ0n) is 20.1. The number of methoxy groups -OCH3 is 1. The summed E-state index contributed by atoms with van der Waals surface area (Å²) in [5, 5.41) is 18.8. The van der Waals surface area contributed by atoms with Crippen molar-refractivity contribution in [3.05, 3.63) is 35.8 Å². The molecule has 2 aromatic heterocycles. The Morgan fingerprint density at radius 2 is 2.22 bits per heavy atom. The lowest BCUT2D eigenvalue weighted by atomic mass is 10.1. The van der Waals surface area contributed by atoms with Gasteiger partial charge in [0.15, 0.2) is 5.82 Å². The smallest absolute Gasteiger partial charge is 0.407 e. The molecular weight excluding hydrogens is 467 g/mol. The van der Waals surface area contributed by atoms with Crippen LogP contribution < -0.4 is 9.64 Å². The van der Waals surface area contributed by atoms with E-state index in [9.17, 15) is 15.2 Å². The zero-order chi connectivity index (χ0) is 25.4. The number of morpholine rings is 1. The summed E-state index contributed by atoms with van der Waals surface area (Å²) in [5.41, 5.74) is 0.868. The summed E-state index contributed by atoms with van der Waals surface area (Å²) in [6.07, 6.45) is 2.45. The van der Waals surface area contributed by atoms with Gasteiger partial charge < -0.3 is 28.9 Å². The average molecular weight is 495 g/mol. The van der Waals surface area contributed by atoms with Crippen molar-refractivity contribution < 1.29 is 23.8 Å². The van der Waals surface area contributed by atoms with E-state index in [1.54, 1.807) is 10.8 Å². The van der Waals surface area contributed by atoms with E-state index in [-0.39, 0.29) is 37.3 Å². The van der Waals surface area contributed by atoms with Gasteiger partial charge in [-0.15, -0.1) is 0 Å². The lowest BCUT2D eigenvalue weighted by molar-refractivity contribution is -0.0286. The number of benzene rings is 1. The fourth-order valence-corrected chi connectivity index (χ4v) is 5.05. The quantitative estimate of drug-likeness (QED) is 0.573. The number of anilines is 1. The molecule has 1 aromatic carbocycles. The molecule has 2 atom stereocenters. The van der Waals surface area contributed by atoms with Crippen LogP contribution >= 0.6 is 0 Å². The molecule has 5 rings (SSSR count). The van der Waals surface area contributed by atoms with Crippen LogP contribution in [0.3, 0.4) is 0 Å². The van der Waals surface area contributed by atoms with Crippen molar-refractivity contribution in [2.75, 3.05) is 38.3 Å². The molecule has 10 nitrogen and oxygen atoms in total. The van der Waals surface area contributed by atoms with E-state index in [1.165, 1.54) is 18.1 Å². The van der Waals surface area contributed by atoms with Crippen LogP contribution in [0.15, 0.2) is 24.4 Å². The Kier molecular flexibility index (Phi) is 6.36. The number of fused-ring (bicyclic) bond motifs is 1. The maximum atomic E-state index is 15.3. The summed E-state index contributed by atoms with van der Waals surface area (Å²) in [5.74, 6) is 0.861. The van der Waals surface area contributed by atoms with Crippen LogP contribution in [0.4, 0.5) is 15.0 Å². The van der Waals surface area contributed by atoms with E-state index >= 15 is 4.39 Å². The van der Waals surface area contributed by atoms with E-state index in [2.05, 4.69) is 21.8 Å². The predicted molar refractivity (Wildman–Crippen MR) is 130 cm³/mol. The Balaban J connectivity index is 1.61. The molecule has 0 aliphatic carbocycles. The van der Waals surface area contributed by atoms with Crippen LogP contribution in [0, 0.1) is 17.1 Å². The molecule has 0 radical (unpaired) electrons. The summed E-state index contributed by atoms with van der Waals surface area (Å²) in [4.78, 5) is 24.3. The lowest BCUT2D eigenvalue weighted by Gasteiger charge is -2.31. The predicted octanol–water partition coefficient (Wildman–Crippen LogP) is 3.49. The van der Waals surface area contributed by atoms with Crippen LogP contribution in [0.2, 0.25) is 0 Å². The number of nitrogens with zero attached hydrogens (tertiary/aromatic N) is 6. The number of amides is 1. The number of carbonyl (C=O) groups is 1. The van der Waals surface area contributed by atoms with E-state index in [1.807, 2.05) is 18.2 Å². The van der Waals surface area contributed by atoms with Crippen molar-refractivity contribution in [1.29, 1.82) is 5.26 Å². The van der Waals surface area contributed by atoms with Gasteiger partial charge in [-0.05, 0) is 31.9 Å². The number of imidazole rings is 1. The second-order valence-corrected chi connectivity index (χ2v) is 9.11. The van der Waals surface area contributed by atoms with Gasteiger partial charge in [0.05, 0.1) is 38.5 Å². The highest BCUT2D eigenvalue weighted by Gasteiger charge is 2.29. The maximum absolute atomic E-state index is 15.3. The first-order valence-electron chi connectivity index (χ1n) is 11.9. The normalized spacial score (nSPS) is 20.1. The molecule has 2 aliphatic rings. The van der Waals surface area contributed by atoms with E-state index in [4.69, 9.17) is 9.47 Å². The van der Waals surface area contributed by atoms with Crippen molar-refractivity contribution in [3.63, 3.8) is 0 Å². The van der Waals surface area contributed by atoms with Gasteiger partial charge in [-0.25, -0.2) is 19.2 Å². The van der Waals surface area contributed by atoms with Crippen molar-refractivity contribution in [2.24, 2.45) is 0 Å². The molecule has 2 fully saturated rings. The third-order valence-electron chi connectivity index (χ3n) is 6.91. The van der Waals surface area contributed by atoms with Gasteiger partial charge in [0.25, 0.3) is 0 Å². The number of halogens is 1. The Morgan fingerprint density at radius 1 is 1.39 bits per heavy atom. The Bertz CT molecular complexity index is 1340. The van der Waals surface area contributed by atoms with Crippen molar-refractivity contribution in [1.82, 2.24) is 19.4 Å². The number of ether oxygens (including phenoxy) is 2. The third kappa shape index (κ3) is 4.18. The average Bonchev–Trinajstić information content (AvgIpc) is 3.49. The van der Waals surface area contributed by atoms with Crippen LogP contribution in [-0.2, 0) is 11.3 Å². The molecule has 0 saturated carbocycles. The monoisotopic (exact) mass is 494 g/mol. The second-order valence-electron chi connectivity index (χ2n) is 9.11. The van der Waals surface area contributed by atoms with E-state index < -0.39 is 18.0 Å². The van der Waals surface area contributed by atoms with Crippen LogP contribution in [0.5, 0.6) is 5.75 Å². The molecular formula is C25H27FN6O4. The fourth-order valence-electron chi connectivity index (χ4n) is 5.05. The minimum Gasteiger partial charge on any atom is -0.494 e. The number of pyridine rings is 1. The highest BCUT2D eigenvalue weighted by molar-refractivity contribution is 5.88. The summed E-state index contributed by atoms with van der Waals surface area (Å²) in [7, 11) is 1.45. The number of aromatic nitrogens is 3. The van der Waals surface area contributed by atoms with Crippen LogP contribution in [0.1, 0.15) is 25.3 Å². The van der Waals surface area contributed by atoms with Gasteiger partial charge in [-0.1, -0.05) is 0 Å². The van der Waals surface area contributed by atoms with Crippen molar-refractivity contribution in [3.8, 4) is 23.2 Å². The molecule has 36 heavy (non-hydrogen) atoms. The van der Waals surface area contributed by atoms with Gasteiger partial charge in [-0.3, -0.25) is 0 Å². The maximum Gasteiger partial charge on any atom is 0.407 e. The van der Waals surface area contributed by atoms with Gasteiger partial charge >= 0.3 is 6.09 Å². The first kappa shape index (κ1) is 23.8. The van der Waals surface area contributed by atoms with Gasteiger partial charge in [0.1, 0.15) is 34.5 Å². The van der Waals surface area contributed by atoms with Crippen molar-refractivity contribution >= 4 is 22.9 Å².